The third-order valence-electron chi connectivity index (χ3n) is 2.70. The van der Waals surface area contributed by atoms with Gasteiger partial charge in [0.25, 0.3) is 0 Å². The van der Waals surface area contributed by atoms with E-state index in [1.807, 2.05) is 0 Å². The van der Waals surface area contributed by atoms with Gasteiger partial charge in [-0.25, -0.2) is 4.39 Å². The Morgan fingerprint density at radius 2 is 2.06 bits per heavy atom. The SMILES string of the molecule is Fc1cc2c(cc1OC(F)(F)F)C1CC1O2. The average molecular weight is 234 g/mol. The van der Waals surface area contributed by atoms with Gasteiger partial charge in [0.15, 0.2) is 11.6 Å². The predicted octanol–water partition coefficient (Wildman–Crippen LogP) is 2.97. The summed E-state index contributed by atoms with van der Waals surface area (Å²) < 4.78 is 58.0. The first-order valence-electron chi connectivity index (χ1n) is 4.70. The quantitative estimate of drug-likeness (QED) is 0.695. The van der Waals surface area contributed by atoms with E-state index >= 15 is 0 Å². The lowest BCUT2D eigenvalue weighted by molar-refractivity contribution is -0.275. The second-order valence-corrected chi connectivity index (χ2v) is 3.87. The second-order valence-electron chi connectivity index (χ2n) is 3.87. The van der Waals surface area contributed by atoms with Gasteiger partial charge in [-0.3, -0.25) is 0 Å². The largest absolute Gasteiger partial charge is 0.573 e. The van der Waals surface area contributed by atoms with Gasteiger partial charge >= 0.3 is 6.36 Å². The van der Waals surface area contributed by atoms with Gasteiger partial charge in [-0.15, -0.1) is 13.2 Å². The topological polar surface area (TPSA) is 18.5 Å². The molecule has 1 saturated carbocycles. The summed E-state index contributed by atoms with van der Waals surface area (Å²) >= 11 is 0. The molecule has 86 valence electrons. The molecule has 1 aliphatic carbocycles. The van der Waals surface area contributed by atoms with Crippen LogP contribution in [0.15, 0.2) is 12.1 Å². The highest BCUT2D eigenvalue weighted by molar-refractivity contribution is 5.50. The predicted molar refractivity (Wildman–Crippen MR) is 44.9 cm³/mol. The highest BCUT2D eigenvalue weighted by Gasteiger charge is 2.48. The Hall–Kier alpha value is -1.46. The van der Waals surface area contributed by atoms with Crippen molar-refractivity contribution in [2.24, 2.45) is 0 Å². The van der Waals surface area contributed by atoms with Gasteiger partial charge < -0.3 is 9.47 Å². The lowest BCUT2D eigenvalue weighted by Crippen LogP contribution is -2.18. The number of rotatable bonds is 1. The van der Waals surface area contributed by atoms with Crippen LogP contribution in [0.2, 0.25) is 0 Å². The molecule has 1 aromatic rings. The summed E-state index contributed by atoms with van der Waals surface area (Å²) in [5, 5.41) is 0. The van der Waals surface area contributed by atoms with Crippen molar-refractivity contribution in [1.82, 2.24) is 0 Å². The van der Waals surface area contributed by atoms with Crippen LogP contribution >= 0.6 is 0 Å². The number of halogens is 4. The van der Waals surface area contributed by atoms with Gasteiger partial charge in [-0.2, -0.15) is 0 Å². The van der Waals surface area contributed by atoms with Crippen molar-refractivity contribution in [3.05, 3.63) is 23.5 Å². The maximum absolute atomic E-state index is 13.2. The van der Waals surface area contributed by atoms with Crippen molar-refractivity contribution < 1.29 is 27.0 Å². The molecule has 16 heavy (non-hydrogen) atoms. The molecule has 2 nitrogen and oxygen atoms in total. The first-order valence-corrected chi connectivity index (χ1v) is 4.70. The number of hydrogen-bond acceptors (Lipinski definition) is 2. The average Bonchev–Trinajstić information content (AvgIpc) is 2.80. The molecule has 0 radical (unpaired) electrons. The van der Waals surface area contributed by atoms with E-state index in [0.717, 1.165) is 18.6 Å². The molecule has 1 aromatic carbocycles. The fraction of sp³-hybridized carbons (Fsp3) is 0.400. The van der Waals surface area contributed by atoms with Gasteiger partial charge in [0.05, 0.1) is 0 Å². The molecular weight excluding hydrogens is 228 g/mol. The molecule has 0 bridgehead atoms. The fourth-order valence-corrected chi connectivity index (χ4v) is 1.94. The first kappa shape index (κ1) is 9.74. The molecule has 0 spiro atoms. The molecular formula is C10H6F4O2. The Bertz CT molecular complexity index is 455. The van der Waals surface area contributed by atoms with Crippen molar-refractivity contribution in [3.63, 3.8) is 0 Å². The summed E-state index contributed by atoms with van der Waals surface area (Å²) in [4.78, 5) is 0. The molecule has 3 rings (SSSR count). The molecule has 2 aliphatic rings. The van der Waals surface area contributed by atoms with Crippen molar-refractivity contribution in [2.45, 2.75) is 24.8 Å². The lowest BCUT2D eigenvalue weighted by Gasteiger charge is -2.11. The molecule has 0 aromatic heterocycles. The van der Waals surface area contributed by atoms with Crippen LogP contribution in [0.25, 0.3) is 0 Å². The lowest BCUT2D eigenvalue weighted by atomic mass is 10.1. The Labute approximate surface area is 87.8 Å². The summed E-state index contributed by atoms with van der Waals surface area (Å²) in [6.45, 7) is 0. The number of benzene rings is 1. The van der Waals surface area contributed by atoms with E-state index in [1.54, 1.807) is 0 Å². The van der Waals surface area contributed by atoms with E-state index in [1.165, 1.54) is 0 Å². The molecule has 0 amide bonds. The molecule has 2 unspecified atom stereocenters. The van der Waals surface area contributed by atoms with E-state index in [0.29, 0.717) is 11.3 Å². The zero-order valence-corrected chi connectivity index (χ0v) is 7.84. The van der Waals surface area contributed by atoms with Crippen LogP contribution in [0.4, 0.5) is 17.6 Å². The summed E-state index contributed by atoms with van der Waals surface area (Å²) in [5.74, 6) is -1.42. The van der Waals surface area contributed by atoms with Crippen molar-refractivity contribution in [2.75, 3.05) is 0 Å². The summed E-state index contributed by atoms with van der Waals surface area (Å²) in [6, 6.07) is 2.03. The number of fused-ring (bicyclic) bond motifs is 3. The summed E-state index contributed by atoms with van der Waals surface area (Å²) in [7, 11) is 0. The molecule has 0 saturated heterocycles. The van der Waals surface area contributed by atoms with Crippen molar-refractivity contribution in [3.8, 4) is 11.5 Å². The second kappa shape index (κ2) is 2.81. The van der Waals surface area contributed by atoms with E-state index in [4.69, 9.17) is 4.74 Å². The van der Waals surface area contributed by atoms with Gasteiger partial charge in [-0.05, 0) is 12.5 Å². The van der Waals surface area contributed by atoms with Gasteiger partial charge in [0.1, 0.15) is 11.9 Å². The van der Waals surface area contributed by atoms with Crippen LogP contribution in [0, 0.1) is 5.82 Å². The number of ether oxygens (including phenoxy) is 2. The van der Waals surface area contributed by atoms with Crippen molar-refractivity contribution >= 4 is 0 Å². The van der Waals surface area contributed by atoms with Crippen LogP contribution < -0.4 is 9.47 Å². The van der Waals surface area contributed by atoms with Crippen LogP contribution in [0.1, 0.15) is 17.9 Å². The van der Waals surface area contributed by atoms with E-state index in [-0.39, 0.29) is 12.0 Å². The molecule has 1 fully saturated rings. The van der Waals surface area contributed by atoms with Gasteiger partial charge in [0, 0.05) is 17.5 Å². The number of alkyl halides is 3. The Kier molecular flexibility index (Phi) is 1.71. The van der Waals surface area contributed by atoms with E-state index in [9.17, 15) is 17.6 Å². The summed E-state index contributed by atoms with van der Waals surface area (Å²) in [6.07, 6.45) is -4.09. The van der Waals surface area contributed by atoms with Gasteiger partial charge in [0.2, 0.25) is 0 Å². The fourth-order valence-electron chi connectivity index (χ4n) is 1.94. The Balaban J connectivity index is 1.97. The molecule has 1 aliphatic heterocycles. The third-order valence-corrected chi connectivity index (χ3v) is 2.70. The highest BCUT2D eigenvalue weighted by Crippen LogP contribution is 2.54. The maximum Gasteiger partial charge on any atom is 0.573 e. The third kappa shape index (κ3) is 1.48. The van der Waals surface area contributed by atoms with Crippen LogP contribution in [0.3, 0.4) is 0 Å². The summed E-state index contributed by atoms with van der Waals surface area (Å²) in [5.41, 5.74) is 0.602. The Morgan fingerprint density at radius 1 is 1.31 bits per heavy atom. The Morgan fingerprint density at radius 3 is 2.75 bits per heavy atom. The van der Waals surface area contributed by atoms with Crippen LogP contribution in [0.5, 0.6) is 11.5 Å². The monoisotopic (exact) mass is 234 g/mol. The zero-order valence-electron chi connectivity index (χ0n) is 7.84. The number of hydrogen-bond donors (Lipinski definition) is 0. The molecule has 0 N–H and O–H groups in total. The standard InChI is InChI=1S/C10H6F4O2/c11-6-3-8-5(4-1-7(4)15-8)2-9(6)16-10(12,13)14/h2-4,7H,1H2. The molecule has 6 heteroatoms. The minimum Gasteiger partial charge on any atom is -0.489 e. The van der Waals surface area contributed by atoms with Crippen LogP contribution in [-0.4, -0.2) is 12.5 Å². The highest BCUT2D eigenvalue weighted by atomic mass is 19.4. The van der Waals surface area contributed by atoms with Gasteiger partial charge in [-0.1, -0.05) is 0 Å². The van der Waals surface area contributed by atoms with Crippen molar-refractivity contribution in [1.29, 1.82) is 0 Å². The minimum absolute atomic E-state index is 0.00976. The van der Waals surface area contributed by atoms with E-state index < -0.39 is 17.9 Å². The smallest absolute Gasteiger partial charge is 0.489 e. The first-order chi connectivity index (χ1) is 7.44. The maximum atomic E-state index is 13.2. The normalized spacial score (nSPS) is 25.8. The van der Waals surface area contributed by atoms with E-state index in [2.05, 4.69) is 4.74 Å². The molecule has 2 atom stereocenters. The zero-order chi connectivity index (χ0) is 11.5. The minimum atomic E-state index is -4.88. The molecule has 1 heterocycles. The van der Waals surface area contributed by atoms with Crippen LogP contribution in [-0.2, 0) is 0 Å².